The summed E-state index contributed by atoms with van der Waals surface area (Å²) in [5.74, 6) is -1.58. The summed E-state index contributed by atoms with van der Waals surface area (Å²) in [6.07, 6.45) is 0. The number of carbonyl (C=O) groups is 1. The Balaban J connectivity index is 1.74. The number of para-hydroxylation sites is 1. The Morgan fingerprint density at radius 2 is 1.61 bits per heavy atom. The molecule has 0 aromatic heterocycles. The van der Waals surface area contributed by atoms with Crippen LogP contribution in [0.5, 0.6) is 0 Å². The summed E-state index contributed by atoms with van der Waals surface area (Å²) in [7, 11) is -4.08. The highest BCUT2D eigenvalue weighted by Crippen LogP contribution is 2.19. The molecule has 2 N–H and O–H groups in total. The molecule has 1 amide bonds. The molecule has 0 unspecified atom stereocenters. The summed E-state index contributed by atoms with van der Waals surface area (Å²) < 4.78 is 53.8. The molecule has 144 valence electrons. The van der Waals surface area contributed by atoms with E-state index in [0.717, 1.165) is 6.07 Å². The largest absolute Gasteiger partial charge is 0.348 e. The Morgan fingerprint density at radius 3 is 2.32 bits per heavy atom. The topological polar surface area (TPSA) is 75.3 Å². The fourth-order valence-corrected chi connectivity index (χ4v) is 3.55. The van der Waals surface area contributed by atoms with Crippen LogP contribution in [-0.2, 0) is 16.6 Å². The number of anilines is 1. The van der Waals surface area contributed by atoms with Gasteiger partial charge >= 0.3 is 0 Å². The van der Waals surface area contributed by atoms with Crippen molar-refractivity contribution in [2.24, 2.45) is 0 Å². The second kappa shape index (κ2) is 8.18. The smallest absolute Gasteiger partial charge is 0.262 e. The average Bonchev–Trinajstić information content (AvgIpc) is 2.69. The lowest BCUT2D eigenvalue weighted by molar-refractivity contribution is 0.0950. The van der Waals surface area contributed by atoms with Gasteiger partial charge in [-0.1, -0.05) is 30.3 Å². The predicted molar refractivity (Wildman–Crippen MR) is 101 cm³/mol. The van der Waals surface area contributed by atoms with Crippen LogP contribution in [0.3, 0.4) is 0 Å². The van der Waals surface area contributed by atoms with E-state index in [4.69, 9.17) is 0 Å². The molecule has 3 aromatic rings. The van der Waals surface area contributed by atoms with E-state index in [9.17, 15) is 22.0 Å². The normalized spacial score (nSPS) is 11.1. The molecular weight excluding hydrogens is 386 g/mol. The Labute approximate surface area is 161 Å². The van der Waals surface area contributed by atoms with Gasteiger partial charge in [-0.15, -0.1) is 0 Å². The molecule has 0 heterocycles. The van der Waals surface area contributed by atoms with Crippen LogP contribution >= 0.6 is 0 Å². The Hall–Kier alpha value is -3.26. The van der Waals surface area contributed by atoms with Crippen molar-refractivity contribution >= 4 is 21.6 Å². The summed E-state index contributed by atoms with van der Waals surface area (Å²) in [4.78, 5) is 12.1. The molecule has 0 spiro atoms. The third kappa shape index (κ3) is 4.72. The first-order chi connectivity index (χ1) is 13.3. The van der Waals surface area contributed by atoms with Crippen LogP contribution in [-0.4, -0.2) is 14.3 Å². The molecule has 0 bridgehead atoms. The van der Waals surface area contributed by atoms with Crippen molar-refractivity contribution in [1.82, 2.24) is 5.32 Å². The van der Waals surface area contributed by atoms with Crippen LogP contribution in [0, 0.1) is 11.6 Å². The number of halogens is 2. The van der Waals surface area contributed by atoms with Gasteiger partial charge in [0.15, 0.2) is 0 Å². The summed E-state index contributed by atoms with van der Waals surface area (Å²) in [5, 5.41) is 2.64. The van der Waals surface area contributed by atoms with Gasteiger partial charge in [0.1, 0.15) is 11.6 Å². The van der Waals surface area contributed by atoms with Crippen LogP contribution in [0.25, 0.3) is 0 Å². The van der Waals surface area contributed by atoms with Gasteiger partial charge in [-0.2, -0.15) is 0 Å². The van der Waals surface area contributed by atoms with E-state index >= 15 is 0 Å². The Bertz CT molecular complexity index is 1100. The maximum absolute atomic E-state index is 13.7. The molecule has 0 aliphatic rings. The molecule has 3 rings (SSSR count). The molecule has 5 nitrogen and oxygen atoms in total. The van der Waals surface area contributed by atoms with E-state index in [2.05, 4.69) is 10.0 Å². The van der Waals surface area contributed by atoms with Crippen molar-refractivity contribution in [2.75, 3.05) is 4.72 Å². The Kier molecular flexibility index (Phi) is 5.70. The molecule has 0 aliphatic carbocycles. The molecule has 0 fully saturated rings. The average molecular weight is 402 g/mol. The van der Waals surface area contributed by atoms with E-state index < -0.39 is 21.7 Å². The van der Waals surface area contributed by atoms with Crippen LogP contribution in [0.15, 0.2) is 77.7 Å². The van der Waals surface area contributed by atoms with Crippen molar-refractivity contribution in [2.45, 2.75) is 11.4 Å². The fourth-order valence-electron chi connectivity index (χ4n) is 2.44. The fraction of sp³-hybridized carbons (Fsp3) is 0.0500. The van der Waals surface area contributed by atoms with Crippen molar-refractivity contribution in [1.29, 1.82) is 0 Å². The van der Waals surface area contributed by atoms with E-state index in [1.54, 1.807) is 0 Å². The van der Waals surface area contributed by atoms with Gasteiger partial charge in [0.05, 0.1) is 10.6 Å². The van der Waals surface area contributed by atoms with E-state index in [1.165, 1.54) is 66.7 Å². The molecule has 28 heavy (non-hydrogen) atoms. The minimum atomic E-state index is -4.08. The number of hydrogen-bond donors (Lipinski definition) is 2. The summed E-state index contributed by atoms with van der Waals surface area (Å²) in [6.45, 7) is 0.156. The highest BCUT2D eigenvalue weighted by atomic mass is 32.2. The Morgan fingerprint density at radius 1 is 0.893 bits per heavy atom. The number of benzene rings is 3. The minimum Gasteiger partial charge on any atom is -0.348 e. The lowest BCUT2D eigenvalue weighted by Crippen LogP contribution is -2.23. The van der Waals surface area contributed by atoms with Crippen molar-refractivity contribution in [3.8, 4) is 0 Å². The standard InChI is InChI=1S/C20H16F2N2O3S/c21-16-10-8-14(9-11-16)13-23-20(25)15-4-3-5-17(12-15)28(26,27)24-19-7-2-1-6-18(19)22/h1-12,24H,13H2,(H,23,25). The lowest BCUT2D eigenvalue weighted by Gasteiger charge is -2.10. The van der Waals surface area contributed by atoms with Crippen molar-refractivity contribution in [3.63, 3.8) is 0 Å². The number of sulfonamides is 1. The van der Waals surface area contributed by atoms with Gasteiger partial charge < -0.3 is 5.32 Å². The van der Waals surface area contributed by atoms with Crippen LogP contribution < -0.4 is 10.0 Å². The third-order valence-corrected chi connectivity index (χ3v) is 5.25. The molecule has 0 radical (unpaired) electrons. The minimum absolute atomic E-state index is 0.124. The molecule has 0 saturated heterocycles. The maximum Gasteiger partial charge on any atom is 0.262 e. The second-order valence-electron chi connectivity index (χ2n) is 5.92. The number of carbonyl (C=O) groups excluding carboxylic acids is 1. The highest BCUT2D eigenvalue weighted by Gasteiger charge is 2.18. The van der Waals surface area contributed by atoms with Crippen LogP contribution in [0.2, 0.25) is 0 Å². The first-order valence-electron chi connectivity index (χ1n) is 8.25. The van der Waals surface area contributed by atoms with E-state index in [0.29, 0.717) is 5.56 Å². The molecule has 0 aliphatic heterocycles. The highest BCUT2D eigenvalue weighted by molar-refractivity contribution is 7.92. The molecule has 0 atom stereocenters. The van der Waals surface area contributed by atoms with Crippen molar-refractivity contribution < 1.29 is 22.0 Å². The summed E-state index contributed by atoms with van der Waals surface area (Å²) in [5.41, 5.74) is 0.631. The number of nitrogens with one attached hydrogen (secondary N) is 2. The van der Waals surface area contributed by atoms with Gasteiger partial charge in [-0.3, -0.25) is 9.52 Å². The zero-order chi connectivity index (χ0) is 20.1. The van der Waals surface area contributed by atoms with Gasteiger partial charge in [0.25, 0.3) is 15.9 Å². The van der Waals surface area contributed by atoms with Crippen molar-refractivity contribution in [3.05, 3.63) is 95.6 Å². The summed E-state index contributed by atoms with van der Waals surface area (Å²) in [6, 6.07) is 16.4. The van der Waals surface area contributed by atoms with E-state index in [1.807, 2.05) is 0 Å². The zero-order valence-corrected chi connectivity index (χ0v) is 15.3. The SMILES string of the molecule is O=C(NCc1ccc(F)cc1)c1cccc(S(=O)(=O)Nc2ccccc2F)c1. The van der Waals surface area contributed by atoms with E-state index in [-0.39, 0.29) is 28.5 Å². The van der Waals surface area contributed by atoms with Gasteiger partial charge in [-0.25, -0.2) is 17.2 Å². The van der Waals surface area contributed by atoms with Gasteiger partial charge in [0.2, 0.25) is 0 Å². The quantitative estimate of drug-likeness (QED) is 0.660. The number of rotatable bonds is 6. The molecule has 3 aromatic carbocycles. The lowest BCUT2D eigenvalue weighted by atomic mass is 10.2. The van der Waals surface area contributed by atoms with Crippen LogP contribution in [0.4, 0.5) is 14.5 Å². The number of hydrogen-bond acceptors (Lipinski definition) is 3. The predicted octanol–water partition coefficient (Wildman–Crippen LogP) is 3.70. The maximum atomic E-state index is 13.7. The molecule has 0 saturated carbocycles. The number of amides is 1. The second-order valence-corrected chi connectivity index (χ2v) is 7.60. The zero-order valence-electron chi connectivity index (χ0n) is 14.5. The molecule has 8 heteroatoms. The monoisotopic (exact) mass is 402 g/mol. The summed E-state index contributed by atoms with van der Waals surface area (Å²) >= 11 is 0. The van der Waals surface area contributed by atoms with Gasteiger partial charge in [0, 0.05) is 12.1 Å². The first kappa shape index (κ1) is 19.5. The van der Waals surface area contributed by atoms with Gasteiger partial charge in [-0.05, 0) is 48.0 Å². The molecular formula is C20H16F2N2O3S. The van der Waals surface area contributed by atoms with Crippen LogP contribution in [0.1, 0.15) is 15.9 Å². The first-order valence-corrected chi connectivity index (χ1v) is 9.73. The third-order valence-electron chi connectivity index (χ3n) is 3.89.